The summed E-state index contributed by atoms with van der Waals surface area (Å²) in [6.45, 7) is 9.11. The molecule has 0 heterocycles. The second-order valence-electron chi connectivity index (χ2n) is 7.08. The van der Waals surface area contributed by atoms with E-state index in [1.807, 2.05) is 6.07 Å². The first kappa shape index (κ1) is 15.8. The molecule has 21 heavy (non-hydrogen) atoms. The number of methoxy groups -OCH3 is 1. The Bertz CT molecular complexity index is 612. The zero-order valence-corrected chi connectivity index (χ0v) is 13.8. The van der Waals surface area contributed by atoms with Crippen molar-refractivity contribution in [1.29, 1.82) is 0 Å². The minimum absolute atomic E-state index is 0.0886. The third-order valence-electron chi connectivity index (χ3n) is 4.59. The molecule has 0 radical (unpaired) electrons. The largest absolute Gasteiger partial charge is 0.497 e. The molecule has 0 amide bonds. The summed E-state index contributed by atoms with van der Waals surface area (Å²) in [5.41, 5.74) is 7.92. The van der Waals surface area contributed by atoms with Gasteiger partial charge in [0.15, 0.2) is 0 Å². The van der Waals surface area contributed by atoms with Gasteiger partial charge >= 0.3 is 0 Å². The molecule has 2 unspecified atom stereocenters. The van der Waals surface area contributed by atoms with E-state index in [9.17, 15) is 0 Å². The number of nitrogens with two attached hydrogens (primary N) is 1. The molecule has 0 aromatic heterocycles. The summed E-state index contributed by atoms with van der Waals surface area (Å²) in [4.78, 5) is 0. The first-order valence-electron chi connectivity index (χ1n) is 7.64. The molecule has 2 aromatic rings. The van der Waals surface area contributed by atoms with Gasteiger partial charge in [-0.1, -0.05) is 45.9 Å². The Hall–Kier alpha value is -1.54. The van der Waals surface area contributed by atoms with Crippen LogP contribution in [0.4, 0.5) is 0 Å². The number of hydrogen-bond donors (Lipinski definition) is 1. The van der Waals surface area contributed by atoms with Crippen molar-refractivity contribution in [3.63, 3.8) is 0 Å². The topological polar surface area (TPSA) is 35.2 Å². The molecule has 2 aromatic carbocycles. The van der Waals surface area contributed by atoms with Crippen LogP contribution in [0.15, 0.2) is 36.4 Å². The van der Waals surface area contributed by atoms with Gasteiger partial charge in [-0.2, -0.15) is 0 Å². The molecule has 2 atom stereocenters. The molecule has 0 fully saturated rings. The highest BCUT2D eigenvalue weighted by molar-refractivity contribution is 5.84. The maximum absolute atomic E-state index is 6.42. The van der Waals surface area contributed by atoms with Crippen LogP contribution in [0, 0.1) is 11.3 Å². The molecule has 0 aliphatic heterocycles. The first-order chi connectivity index (χ1) is 9.81. The summed E-state index contributed by atoms with van der Waals surface area (Å²) >= 11 is 0. The van der Waals surface area contributed by atoms with Gasteiger partial charge in [0.05, 0.1) is 7.11 Å². The molecule has 0 saturated carbocycles. The van der Waals surface area contributed by atoms with Gasteiger partial charge in [-0.15, -0.1) is 0 Å². The van der Waals surface area contributed by atoms with Crippen molar-refractivity contribution in [3.05, 3.63) is 42.0 Å². The van der Waals surface area contributed by atoms with Crippen molar-refractivity contribution >= 4 is 10.8 Å². The molecule has 0 bridgehead atoms. The summed E-state index contributed by atoms with van der Waals surface area (Å²) in [6.07, 6.45) is 1.01. The molecule has 0 spiro atoms. The molecule has 0 aliphatic carbocycles. The number of rotatable bonds is 4. The quantitative estimate of drug-likeness (QED) is 0.865. The van der Waals surface area contributed by atoms with Crippen LogP contribution in [0.2, 0.25) is 0 Å². The highest BCUT2D eigenvalue weighted by atomic mass is 16.5. The minimum Gasteiger partial charge on any atom is -0.497 e. The van der Waals surface area contributed by atoms with E-state index in [0.29, 0.717) is 11.3 Å². The fourth-order valence-electron chi connectivity index (χ4n) is 2.47. The Labute approximate surface area is 128 Å². The highest BCUT2D eigenvalue weighted by Crippen LogP contribution is 2.33. The van der Waals surface area contributed by atoms with Gasteiger partial charge in [0.25, 0.3) is 0 Å². The van der Waals surface area contributed by atoms with Crippen molar-refractivity contribution in [2.45, 2.75) is 40.2 Å². The molecular formula is C19H27NO. The van der Waals surface area contributed by atoms with E-state index in [4.69, 9.17) is 10.5 Å². The van der Waals surface area contributed by atoms with Gasteiger partial charge in [0.1, 0.15) is 5.75 Å². The molecule has 0 saturated heterocycles. The first-order valence-corrected chi connectivity index (χ1v) is 7.64. The predicted molar refractivity (Wildman–Crippen MR) is 90.7 cm³/mol. The van der Waals surface area contributed by atoms with Crippen LogP contribution >= 0.6 is 0 Å². The summed E-state index contributed by atoms with van der Waals surface area (Å²) in [6, 6.07) is 12.7. The van der Waals surface area contributed by atoms with E-state index >= 15 is 0 Å². The summed E-state index contributed by atoms with van der Waals surface area (Å²) in [5.74, 6) is 1.47. The maximum atomic E-state index is 6.42. The van der Waals surface area contributed by atoms with Crippen LogP contribution in [-0.4, -0.2) is 7.11 Å². The van der Waals surface area contributed by atoms with Gasteiger partial charge in [0.2, 0.25) is 0 Å². The molecule has 2 heteroatoms. The van der Waals surface area contributed by atoms with Crippen LogP contribution in [0.5, 0.6) is 5.75 Å². The fraction of sp³-hybridized carbons (Fsp3) is 0.474. The lowest BCUT2D eigenvalue weighted by Crippen LogP contribution is -2.23. The molecule has 0 aliphatic rings. The van der Waals surface area contributed by atoms with Crippen molar-refractivity contribution in [3.8, 4) is 5.75 Å². The third kappa shape index (κ3) is 3.76. The van der Waals surface area contributed by atoms with Gasteiger partial charge in [-0.3, -0.25) is 0 Å². The van der Waals surface area contributed by atoms with Crippen LogP contribution in [0.1, 0.15) is 45.7 Å². The lowest BCUT2D eigenvalue weighted by Gasteiger charge is -2.29. The van der Waals surface area contributed by atoms with Crippen LogP contribution in [-0.2, 0) is 0 Å². The van der Waals surface area contributed by atoms with Gasteiger partial charge in [-0.05, 0) is 52.3 Å². The summed E-state index contributed by atoms with van der Waals surface area (Å²) in [7, 11) is 1.69. The second kappa shape index (κ2) is 6.07. The lowest BCUT2D eigenvalue weighted by molar-refractivity contribution is 0.234. The SMILES string of the molecule is COc1ccc2cc(C(N)CC(C)C(C)(C)C)ccc2c1. The van der Waals surface area contributed by atoms with E-state index in [0.717, 1.165) is 12.2 Å². The Balaban J connectivity index is 2.22. The van der Waals surface area contributed by atoms with Crippen LogP contribution in [0.3, 0.4) is 0 Å². The average Bonchev–Trinajstić information content (AvgIpc) is 2.44. The number of benzene rings is 2. The summed E-state index contributed by atoms with van der Waals surface area (Å²) in [5, 5.41) is 2.40. The fourth-order valence-corrected chi connectivity index (χ4v) is 2.47. The maximum Gasteiger partial charge on any atom is 0.119 e. The van der Waals surface area contributed by atoms with E-state index < -0.39 is 0 Å². The summed E-state index contributed by atoms with van der Waals surface area (Å²) < 4.78 is 5.27. The number of hydrogen-bond acceptors (Lipinski definition) is 2. The smallest absolute Gasteiger partial charge is 0.119 e. The van der Waals surface area contributed by atoms with Crippen molar-refractivity contribution < 1.29 is 4.74 Å². The van der Waals surface area contributed by atoms with Gasteiger partial charge in [-0.25, -0.2) is 0 Å². The standard InChI is InChI=1S/C19H27NO/c1-13(19(2,3)4)10-18(20)16-7-6-15-12-17(21-5)9-8-14(15)11-16/h6-9,11-13,18H,10,20H2,1-5H3. The van der Waals surface area contributed by atoms with Crippen molar-refractivity contribution in [2.24, 2.45) is 17.1 Å². The lowest BCUT2D eigenvalue weighted by atomic mass is 9.77. The van der Waals surface area contributed by atoms with E-state index in [1.165, 1.54) is 16.3 Å². The van der Waals surface area contributed by atoms with Crippen molar-refractivity contribution in [1.82, 2.24) is 0 Å². The van der Waals surface area contributed by atoms with Crippen molar-refractivity contribution in [2.75, 3.05) is 7.11 Å². The highest BCUT2D eigenvalue weighted by Gasteiger charge is 2.22. The van der Waals surface area contributed by atoms with Gasteiger partial charge < -0.3 is 10.5 Å². The minimum atomic E-state index is 0.0886. The van der Waals surface area contributed by atoms with E-state index in [-0.39, 0.29) is 6.04 Å². The monoisotopic (exact) mass is 285 g/mol. The molecule has 2 rings (SSSR count). The molecule has 2 N–H and O–H groups in total. The predicted octanol–water partition coefficient (Wildman–Crippen LogP) is 4.92. The molecule has 2 nitrogen and oxygen atoms in total. The zero-order valence-electron chi connectivity index (χ0n) is 13.8. The Morgan fingerprint density at radius 2 is 1.67 bits per heavy atom. The number of fused-ring (bicyclic) bond motifs is 1. The van der Waals surface area contributed by atoms with E-state index in [1.54, 1.807) is 7.11 Å². The average molecular weight is 285 g/mol. The Kier molecular flexibility index (Phi) is 4.58. The molecular weight excluding hydrogens is 258 g/mol. The zero-order chi connectivity index (χ0) is 15.6. The van der Waals surface area contributed by atoms with Crippen LogP contribution < -0.4 is 10.5 Å². The molecule has 114 valence electrons. The Morgan fingerprint density at radius 1 is 1.05 bits per heavy atom. The second-order valence-corrected chi connectivity index (χ2v) is 7.08. The van der Waals surface area contributed by atoms with Crippen LogP contribution in [0.25, 0.3) is 10.8 Å². The normalized spacial score (nSPS) is 15.0. The number of ether oxygens (including phenoxy) is 1. The van der Waals surface area contributed by atoms with E-state index in [2.05, 4.69) is 58.0 Å². The van der Waals surface area contributed by atoms with Gasteiger partial charge in [0, 0.05) is 6.04 Å². The third-order valence-corrected chi connectivity index (χ3v) is 4.59. The Morgan fingerprint density at radius 3 is 2.29 bits per heavy atom.